The Morgan fingerprint density at radius 3 is 0.973 bits per heavy atom. The summed E-state index contributed by atoms with van der Waals surface area (Å²) in [5.74, 6) is 0. The van der Waals surface area contributed by atoms with Crippen molar-refractivity contribution in [3.05, 3.63) is 0 Å². The highest BCUT2D eigenvalue weighted by molar-refractivity contribution is 7.88. The Kier molecular flexibility index (Phi) is 17.9. The summed E-state index contributed by atoms with van der Waals surface area (Å²) in [4.78, 5) is 0. The minimum atomic E-state index is -3.41. The molecule has 0 saturated carbocycles. The van der Waals surface area contributed by atoms with Gasteiger partial charge in [0.15, 0.2) is 0 Å². The van der Waals surface area contributed by atoms with Crippen molar-refractivity contribution in [2.24, 2.45) is 5.41 Å². The summed E-state index contributed by atoms with van der Waals surface area (Å²) in [6.07, 6.45) is 5.55. The highest BCUT2D eigenvalue weighted by atomic mass is 32.2. The first-order valence-electron chi connectivity index (χ1n) is 12.3. The van der Waals surface area contributed by atoms with Crippen molar-refractivity contribution in [1.82, 2.24) is 4.72 Å². The maximum absolute atomic E-state index is 12.1. The van der Waals surface area contributed by atoms with E-state index in [1.807, 2.05) is 0 Å². The van der Waals surface area contributed by atoms with Crippen LogP contribution in [-0.4, -0.2) is 112 Å². The van der Waals surface area contributed by atoms with Crippen LogP contribution >= 0.6 is 0 Å². The largest absolute Gasteiger partial charge is 0.500 e. The Hall–Kier alpha value is 0.201. The van der Waals surface area contributed by atoms with E-state index in [0.717, 1.165) is 38.5 Å². The molecule has 0 aromatic carbocycles. The quantitative estimate of drug-likeness (QED) is 0.162. The van der Waals surface area contributed by atoms with Gasteiger partial charge >= 0.3 is 26.4 Å². The third kappa shape index (κ3) is 12.5. The van der Waals surface area contributed by atoms with E-state index >= 15 is 0 Å². The minimum absolute atomic E-state index is 0.288. The minimum Gasteiger partial charge on any atom is -0.377 e. The molecule has 0 unspecified atom stereocenters. The molecule has 0 bridgehead atoms. The van der Waals surface area contributed by atoms with Gasteiger partial charge in [0.2, 0.25) is 10.0 Å². The van der Waals surface area contributed by atoms with E-state index < -0.39 is 36.4 Å². The average Bonchev–Trinajstić information content (AvgIpc) is 2.91. The van der Waals surface area contributed by atoms with Crippen LogP contribution in [0.1, 0.15) is 38.5 Å². The van der Waals surface area contributed by atoms with Gasteiger partial charge in [-0.1, -0.05) is 0 Å². The fourth-order valence-corrected chi connectivity index (χ4v) is 10.4. The van der Waals surface area contributed by atoms with Gasteiger partial charge in [0.25, 0.3) is 0 Å². The first kappa shape index (κ1) is 37.2. The van der Waals surface area contributed by atoms with Gasteiger partial charge < -0.3 is 39.8 Å². The lowest BCUT2D eigenvalue weighted by molar-refractivity contribution is 0.114. The van der Waals surface area contributed by atoms with Crippen LogP contribution < -0.4 is 4.72 Å². The van der Waals surface area contributed by atoms with Crippen LogP contribution in [0.25, 0.3) is 0 Å². The van der Waals surface area contributed by atoms with Gasteiger partial charge in [0, 0.05) is 88.7 Å². The number of hydrogen-bond acceptors (Lipinski definition) is 11. The van der Waals surface area contributed by atoms with Crippen molar-refractivity contribution in [3.8, 4) is 0 Å². The second-order valence-corrected chi connectivity index (χ2v) is 20.1. The Morgan fingerprint density at radius 1 is 0.541 bits per heavy atom. The molecule has 0 heterocycles. The number of hydrogen-bond donors (Lipinski definition) is 1. The summed E-state index contributed by atoms with van der Waals surface area (Å²) in [6, 6.07) is 1.82. The van der Waals surface area contributed by atoms with Gasteiger partial charge in [0.05, 0.1) is 6.26 Å². The monoisotopic (exact) mass is 609 g/mol. The van der Waals surface area contributed by atoms with Crippen molar-refractivity contribution < 1.29 is 48.3 Å². The number of nitrogens with one attached hydrogen (secondary N) is 1. The van der Waals surface area contributed by atoms with Gasteiger partial charge in [-0.25, -0.2) is 13.1 Å². The molecule has 0 amide bonds. The van der Waals surface area contributed by atoms with Gasteiger partial charge in [-0.15, -0.1) is 0 Å². The third-order valence-corrected chi connectivity index (χ3v) is 16.2. The summed E-state index contributed by atoms with van der Waals surface area (Å²) in [5, 5.41) is 0. The van der Waals surface area contributed by atoms with Gasteiger partial charge in [-0.05, 0) is 43.9 Å². The van der Waals surface area contributed by atoms with Crippen molar-refractivity contribution in [1.29, 1.82) is 0 Å². The lowest BCUT2D eigenvalue weighted by atomic mass is 9.76. The molecule has 0 radical (unpaired) electrons. The molecule has 0 saturated heterocycles. The van der Waals surface area contributed by atoms with Gasteiger partial charge in [-0.3, -0.25) is 0 Å². The molecule has 0 spiro atoms. The first-order valence-corrected chi connectivity index (χ1v) is 20.0. The zero-order valence-corrected chi connectivity index (χ0v) is 28.3. The normalized spacial score (nSPS) is 13.9. The molecule has 0 aromatic rings. The summed E-state index contributed by atoms with van der Waals surface area (Å²) >= 11 is 0. The molecule has 1 N–H and O–H groups in total. The molecule has 0 fully saturated rings. The van der Waals surface area contributed by atoms with Crippen LogP contribution in [-0.2, 0) is 49.9 Å². The molecule has 0 aliphatic carbocycles. The SMILES string of the molecule is CO[Si](CCCC(CCC[Si](OC)(OC)OC)(CCC[Si](OC)(OC)OC)CNS(C)(=O)=O)(OC)OC. The zero-order chi connectivity index (χ0) is 28.6. The van der Waals surface area contributed by atoms with Crippen molar-refractivity contribution >= 4 is 36.4 Å². The van der Waals surface area contributed by atoms with Crippen molar-refractivity contribution in [3.63, 3.8) is 0 Å². The predicted molar refractivity (Wildman–Crippen MR) is 148 cm³/mol. The van der Waals surface area contributed by atoms with E-state index in [1.54, 1.807) is 64.0 Å². The van der Waals surface area contributed by atoms with E-state index in [1.165, 1.54) is 6.26 Å². The third-order valence-electron chi connectivity index (χ3n) is 7.08. The lowest BCUT2D eigenvalue weighted by Gasteiger charge is -2.37. The molecule has 0 aliphatic rings. The molecule has 16 heteroatoms. The van der Waals surface area contributed by atoms with Gasteiger partial charge in [0.1, 0.15) is 0 Å². The number of sulfonamides is 1. The van der Waals surface area contributed by atoms with E-state index in [2.05, 4.69) is 4.72 Å². The predicted octanol–water partition coefficient (Wildman–Crippen LogP) is 2.50. The van der Waals surface area contributed by atoms with E-state index in [-0.39, 0.29) is 12.0 Å². The molecular formula is C21H51NO11SSi3. The molecule has 0 atom stereocenters. The zero-order valence-electron chi connectivity index (χ0n) is 24.5. The van der Waals surface area contributed by atoms with Crippen LogP contribution in [0.5, 0.6) is 0 Å². The molecule has 224 valence electrons. The molecule has 0 rings (SSSR count). The maximum atomic E-state index is 12.1. The van der Waals surface area contributed by atoms with Crippen LogP contribution in [0.2, 0.25) is 18.1 Å². The van der Waals surface area contributed by atoms with E-state index in [4.69, 9.17) is 39.8 Å². The van der Waals surface area contributed by atoms with Gasteiger partial charge in [-0.2, -0.15) is 0 Å². The second kappa shape index (κ2) is 17.8. The molecule has 0 aliphatic heterocycles. The fraction of sp³-hybridized carbons (Fsp3) is 1.00. The highest BCUT2D eigenvalue weighted by Crippen LogP contribution is 2.39. The number of rotatable bonds is 24. The van der Waals surface area contributed by atoms with Crippen molar-refractivity contribution in [2.45, 2.75) is 56.7 Å². The van der Waals surface area contributed by atoms with E-state index in [9.17, 15) is 8.42 Å². The Labute approximate surface area is 228 Å². The average molecular weight is 610 g/mol. The van der Waals surface area contributed by atoms with Crippen LogP contribution in [0.3, 0.4) is 0 Å². The first-order chi connectivity index (χ1) is 17.4. The summed E-state index contributed by atoms with van der Waals surface area (Å²) in [6.45, 7) is 0.288. The maximum Gasteiger partial charge on any atom is 0.500 e. The Bertz CT molecular complexity index is 616. The summed E-state index contributed by atoms with van der Waals surface area (Å²) < 4.78 is 77.4. The smallest absolute Gasteiger partial charge is 0.377 e. The van der Waals surface area contributed by atoms with Crippen LogP contribution in [0.15, 0.2) is 0 Å². The molecule has 0 aromatic heterocycles. The Balaban J connectivity index is 5.95. The molecular weight excluding hydrogens is 559 g/mol. The standard InChI is InChI=1S/C21H51NO11SSi3/c1-25-35(26-2,27-3)17-11-14-21(20-22-34(10,23)24,15-12-18-36(28-4,29-5)30-6)16-13-19-37(31-7,32-8)33-9/h22H,11-20H2,1-10H3. The second-order valence-electron chi connectivity index (χ2n) is 9.04. The summed E-state index contributed by atoms with van der Waals surface area (Å²) in [5.41, 5.74) is -0.372. The molecule has 12 nitrogen and oxygen atoms in total. The molecule has 37 heavy (non-hydrogen) atoms. The summed E-state index contributed by atoms with van der Waals surface area (Å²) in [7, 11) is 2.57. The van der Waals surface area contributed by atoms with E-state index in [0.29, 0.717) is 18.1 Å². The topological polar surface area (TPSA) is 129 Å². The van der Waals surface area contributed by atoms with Crippen LogP contribution in [0, 0.1) is 5.41 Å². The lowest BCUT2D eigenvalue weighted by Crippen LogP contribution is -2.45. The Morgan fingerprint density at radius 2 is 0.784 bits per heavy atom. The van der Waals surface area contributed by atoms with Crippen LogP contribution in [0.4, 0.5) is 0 Å². The fourth-order valence-electron chi connectivity index (χ4n) is 4.63. The van der Waals surface area contributed by atoms with Crippen molar-refractivity contribution in [2.75, 3.05) is 76.8 Å². The highest BCUT2D eigenvalue weighted by Gasteiger charge is 2.42.